The molecule has 0 bridgehead atoms. The second-order valence-corrected chi connectivity index (χ2v) is 3.14. The third-order valence-electron chi connectivity index (χ3n) is 1.77. The van der Waals surface area contributed by atoms with Gasteiger partial charge in [0.1, 0.15) is 5.82 Å². The molecule has 1 aromatic rings. The minimum absolute atomic E-state index is 0.0278. The molecule has 2 N–H and O–H groups in total. The van der Waals surface area contributed by atoms with Gasteiger partial charge in [-0.1, -0.05) is 11.8 Å². The monoisotopic (exact) mass is 245 g/mol. The van der Waals surface area contributed by atoms with E-state index in [-0.39, 0.29) is 12.0 Å². The first-order chi connectivity index (χ1) is 7.80. The summed E-state index contributed by atoms with van der Waals surface area (Å²) in [6.07, 6.45) is -5.04. The molecule has 0 aliphatic carbocycles. The molecule has 0 aliphatic rings. The van der Waals surface area contributed by atoms with Gasteiger partial charge in [0.15, 0.2) is 0 Å². The number of rotatable bonds is 1. The molecule has 0 aromatic heterocycles. The Hall–Kier alpha value is -2.03. The molecular formula is C11H7F4NO. The first kappa shape index (κ1) is 13.0. The number of hydrogen-bond acceptors (Lipinski definition) is 1. The molecule has 0 unspecified atom stereocenters. The number of halogens is 4. The van der Waals surface area contributed by atoms with E-state index in [2.05, 4.69) is 11.8 Å². The predicted molar refractivity (Wildman–Crippen MR) is 52.1 cm³/mol. The SMILES string of the molecule is NC(=O)CC#Cc1ccc(F)c(C(F)(F)F)c1. The lowest BCUT2D eigenvalue weighted by Crippen LogP contribution is -2.09. The number of carbonyl (C=O) groups excluding carboxylic acids is 1. The molecule has 1 aromatic carbocycles. The van der Waals surface area contributed by atoms with Crippen LogP contribution in [0.25, 0.3) is 0 Å². The fourth-order valence-electron chi connectivity index (χ4n) is 1.05. The standard InChI is InChI=1S/C11H7F4NO/c12-9-5-4-7(2-1-3-10(16)17)6-8(9)11(13,14)15/h4-6H,3H2,(H2,16,17). The van der Waals surface area contributed by atoms with Crippen LogP contribution >= 0.6 is 0 Å². The van der Waals surface area contributed by atoms with Crippen molar-refractivity contribution in [3.8, 4) is 11.8 Å². The molecule has 90 valence electrons. The highest BCUT2D eigenvalue weighted by molar-refractivity contribution is 5.76. The van der Waals surface area contributed by atoms with Crippen LogP contribution < -0.4 is 5.73 Å². The molecule has 0 radical (unpaired) electrons. The molecule has 0 spiro atoms. The second-order valence-electron chi connectivity index (χ2n) is 3.14. The van der Waals surface area contributed by atoms with Crippen molar-refractivity contribution in [3.05, 3.63) is 35.1 Å². The molecule has 0 heterocycles. The van der Waals surface area contributed by atoms with Crippen molar-refractivity contribution in [1.29, 1.82) is 0 Å². The highest BCUT2D eigenvalue weighted by Crippen LogP contribution is 2.31. The summed E-state index contributed by atoms with van der Waals surface area (Å²) < 4.78 is 49.8. The third-order valence-corrected chi connectivity index (χ3v) is 1.77. The summed E-state index contributed by atoms with van der Waals surface area (Å²) in [5.41, 5.74) is 3.38. The summed E-state index contributed by atoms with van der Waals surface area (Å²) in [4.78, 5) is 10.3. The molecular weight excluding hydrogens is 238 g/mol. The van der Waals surface area contributed by atoms with E-state index in [4.69, 9.17) is 5.73 Å². The molecule has 1 amide bonds. The number of benzene rings is 1. The lowest BCUT2D eigenvalue weighted by Gasteiger charge is -2.07. The topological polar surface area (TPSA) is 43.1 Å². The van der Waals surface area contributed by atoms with Gasteiger partial charge in [-0.2, -0.15) is 13.2 Å². The van der Waals surface area contributed by atoms with Crippen molar-refractivity contribution in [3.63, 3.8) is 0 Å². The zero-order valence-electron chi connectivity index (χ0n) is 8.44. The minimum Gasteiger partial charge on any atom is -0.369 e. The van der Waals surface area contributed by atoms with Crippen LogP contribution in [0.4, 0.5) is 17.6 Å². The normalized spacial score (nSPS) is 10.6. The summed E-state index contributed by atoms with van der Waals surface area (Å²) in [7, 11) is 0. The lowest BCUT2D eigenvalue weighted by molar-refractivity contribution is -0.140. The van der Waals surface area contributed by atoms with Gasteiger partial charge in [-0.3, -0.25) is 4.79 Å². The first-order valence-corrected chi connectivity index (χ1v) is 4.44. The Morgan fingerprint density at radius 3 is 2.53 bits per heavy atom. The maximum atomic E-state index is 12.9. The van der Waals surface area contributed by atoms with Crippen LogP contribution in [-0.4, -0.2) is 5.91 Å². The number of carbonyl (C=O) groups is 1. The van der Waals surface area contributed by atoms with E-state index in [9.17, 15) is 22.4 Å². The van der Waals surface area contributed by atoms with Gasteiger partial charge in [-0.15, -0.1) is 0 Å². The Morgan fingerprint density at radius 2 is 2.00 bits per heavy atom. The van der Waals surface area contributed by atoms with Crippen molar-refractivity contribution >= 4 is 5.91 Å². The van der Waals surface area contributed by atoms with E-state index in [1.54, 1.807) is 0 Å². The molecule has 0 fully saturated rings. The van der Waals surface area contributed by atoms with E-state index in [1.807, 2.05) is 0 Å². The maximum absolute atomic E-state index is 12.9. The quantitative estimate of drug-likeness (QED) is 0.597. The van der Waals surface area contributed by atoms with Crippen molar-refractivity contribution in [2.24, 2.45) is 5.73 Å². The fraction of sp³-hybridized carbons (Fsp3) is 0.182. The van der Waals surface area contributed by atoms with Crippen LogP contribution in [0, 0.1) is 17.7 Å². The van der Waals surface area contributed by atoms with E-state index in [1.165, 1.54) is 0 Å². The predicted octanol–water partition coefficient (Wildman–Crippen LogP) is 2.07. The number of primary amides is 1. The van der Waals surface area contributed by atoms with Crippen LogP contribution in [0.5, 0.6) is 0 Å². The smallest absolute Gasteiger partial charge is 0.369 e. The van der Waals surface area contributed by atoms with Crippen LogP contribution in [0.1, 0.15) is 17.5 Å². The average Bonchev–Trinajstić information content (AvgIpc) is 2.18. The van der Waals surface area contributed by atoms with Crippen LogP contribution in [0.15, 0.2) is 18.2 Å². The zero-order valence-corrected chi connectivity index (χ0v) is 8.44. The zero-order chi connectivity index (χ0) is 13.1. The Kier molecular flexibility index (Phi) is 3.73. The average molecular weight is 245 g/mol. The Labute approximate surface area is 94.4 Å². The van der Waals surface area contributed by atoms with E-state index < -0.39 is 23.5 Å². The van der Waals surface area contributed by atoms with Gasteiger partial charge in [-0.05, 0) is 18.2 Å². The Bertz CT molecular complexity index is 496. The Balaban J connectivity index is 3.04. The van der Waals surface area contributed by atoms with Crippen molar-refractivity contribution in [2.75, 3.05) is 0 Å². The number of hydrogen-bond donors (Lipinski definition) is 1. The summed E-state index contributed by atoms with van der Waals surface area (Å²) >= 11 is 0. The largest absolute Gasteiger partial charge is 0.419 e. The van der Waals surface area contributed by atoms with Crippen molar-refractivity contribution < 1.29 is 22.4 Å². The molecule has 17 heavy (non-hydrogen) atoms. The fourth-order valence-corrected chi connectivity index (χ4v) is 1.05. The maximum Gasteiger partial charge on any atom is 0.419 e. The lowest BCUT2D eigenvalue weighted by atomic mass is 10.1. The van der Waals surface area contributed by atoms with Crippen LogP contribution in [0.3, 0.4) is 0 Å². The summed E-state index contributed by atoms with van der Waals surface area (Å²) in [5.74, 6) is 2.54. The first-order valence-electron chi connectivity index (χ1n) is 4.44. The van der Waals surface area contributed by atoms with Crippen molar-refractivity contribution in [1.82, 2.24) is 0 Å². The minimum atomic E-state index is -4.77. The van der Waals surface area contributed by atoms with Gasteiger partial charge in [-0.25, -0.2) is 4.39 Å². The second kappa shape index (κ2) is 4.87. The van der Waals surface area contributed by atoms with E-state index in [0.29, 0.717) is 12.1 Å². The number of alkyl halides is 3. The molecule has 1 rings (SSSR count). The summed E-state index contributed by atoms with van der Waals surface area (Å²) in [6, 6.07) is 2.36. The molecule has 0 atom stereocenters. The van der Waals surface area contributed by atoms with Gasteiger partial charge in [0.2, 0.25) is 5.91 Å². The Morgan fingerprint density at radius 1 is 1.35 bits per heavy atom. The van der Waals surface area contributed by atoms with Gasteiger partial charge in [0.05, 0.1) is 12.0 Å². The number of nitrogens with two attached hydrogens (primary N) is 1. The number of amides is 1. The highest BCUT2D eigenvalue weighted by atomic mass is 19.4. The van der Waals surface area contributed by atoms with Crippen LogP contribution in [0.2, 0.25) is 0 Å². The van der Waals surface area contributed by atoms with E-state index >= 15 is 0 Å². The van der Waals surface area contributed by atoms with Gasteiger partial charge >= 0.3 is 6.18 Å². The van der Waals surface area contributed by atoms with E-state index in [0.717, 1.165) is 6.07 Å². The molecule has 2 nitrogen and oxygen atoms in total. The van der Waals surface area contributed by atoms with Gasteiger partial charge < -0.3 is 5.73 Å². The van der Waals surface area contributed by atoms with Crippen LogP contribution in [-0.2, 0) is 11.0 Å². The van der Waals surface area contributed by atoms with Gasteiger partial charge in [0.25, 0.3) is 0 Å². The van der Waals surface area contributed by atoms with Gasteiger partial charge in [0, 0.05) is 5.56 Å². The van der Waals surface area contributed by atoms with Crippen molar-refractivity contribution in [2.45, 2.75) is 12.6 Å². The summed E-state index contributed by atoms with van der Waals surface area (Å²) in [6.45, 7) is 0. The molecule has 0 saturated carbocycles. The third kappa shape index (κ3) is 3.79. The molecule has 0 aliphatic heterocycles. The molecule has 0 saturated heterocycles. The summed E-state index contributed by atoms with van der Waals surface area (Å²) in [5, 5.41) is 0. The molecule has 6 heteroatoms. The highest BCUT2D eigenvalue weighted by Gasteiger charge is 2.34.